The first-order valence-electron chi connectivity index (χ1n) is 19.0. The van der Waals surface area contributed by atoms with E-state index in [4.69, 9.17) is 0 Å². The Morgan fingerprint density at radius 1 is 0.900 bits per heavy atom. The average molecular weight is 721 g/mol. The van der Waals surface area contributed by atoms with Gasteiger partial charge in [-0.15, -0.1) is 0 Å². The summed E-state index contributed by atoms with van der Waals surface area (Å²) in [5, 5.41) is 11.7. The van der Waals surface area contributed by atoms with Crippen LogP contribution in [0.15, 0.2) is 0 Å². The smallest absolute Gasteiger partial charge is 0.315 e. The number of hydrogen-bond acceptors (Lipinski definition) is 7. The Hall–Kier alpha value is -2.74. The highest BCUT2D eigenvalue weighted by atomic mass is 32.2. The molecule has 4 saturated carbocycles. The first-order valence-corrected chi connectivity index (χ1v) is 20.7. The number of hydrogen-bond donors (Lipinski definition) is 4. The van der Waals surface area contributed by atoms with Crippen LogP contribution in [0.4, 0.5) is 4.79 Å². The molecule has 5 aliphatic rings. The Morgan fingerprint density at radius 2 is 1.54 bits per heavy atom. The van der Waals surface area contributed by atoms with Crippen molar-refractivity contribution in [3.05, 3.63) is 0 Å². The van der Waals surface area contributed by atoms with E-state index < -0.39 is 57.3 Å². The van der Waals surface area contributed by atoms with Crippen molar-refractivity contribution in [3.8, 4) is 0 Å². The van der Waals surface area contributed by atoms with Crippen LogP contribution in [0.3, 0.4) is 0 Å². The van der Waals surface area contributed by atoms with Crippen LogP contribution in [-0.2, 0) is 29.2 Å². The van der Waals surface area contributed by atoms with E-state index in [0.29, 0.717) is 32.2 Å². The third kappa shape index (κ3) is 8.65. The molecule has 5 fully saturated rings. The maximum atomic E-state index is 14.7. The van der Waals surface area contributed by atoms with Gasteiger partial charge in [-0.3, -0.25) is 19.2 Å². The van der Waals surface area contributed by atoms with Gasteiger partial charge in [0.15, 0.2) is 0 Å². The average Bonchev–Trinajstić information content (AvgIpc) is 3.92. The number of fused-ring (bicyclic) bond motifs is 1. The number of rotatable bonds is 15. The molecule has 4 N–H and O–H groups in total. The zero-order valence-corrected chi connectivity index (χ0v) is 31.5. The molecule has 0 spiro atoms. The lowest BCUT2D eigenvalue weighted by Crippen LogP contribution is -2.63. The number of amides is 5. The van der Waals surface area contributed by atoms with E-state index in [0.717, 1.165) is 70.6 Å². The lowest BCUT2D eigenvalue weighted by Gasteiger charge is -2.40. The van der Waals surface area contributed by atoms with Gasteiger partial charge in [-0.2, -0.15) is 0 Å². The summed E-state index contributed by atoms with van der Waals surface area (Å²) >= 11 is 0. The number of likely N-dealkylation sites (tertiary alicyclic amines) is 1. The van der Waals surface area contributed by atoms with Crippen molar-refractivity contribution in [1.29, 1.82) is 0 Å². The molecule has 0 radical (unpaired) electrons. The minimum atomic E-state index is -3.62. The van der Waals surface area contributed by atoms with Crippen molar-refractivity contribution in [2.45, 2.75) is 147 Å². The zero-order chi connectivity index (χ0) is 36.4. The van der Waals surface area contributed by atoms with Crippen LogP contribution in [0, 0.1) is 23.2 Å². The molecule has 0 unspecified atom stereocenters. The van der Waals surface area contributed by atoms with E-state index in [-0.39, 0.29) is 40.9 Å². The fraction of sp³-hybridized carbons (Fsp3) is 0.861. The van der Waals surface area contributed by atoms with Crippen LogP contribution in [0.5, 0.6) is 0 Å². The number of nitrogens with one attached hydrogen (secondary N) is 4. The summed E-state index contributed by atoms with van der Waals surface area (Å²) in [7, 11) is -0.640. The molecule has 0 aromatic rings. The second-order valence-corrected chi connectivity index (χ2v) is 18.7. The normalized spacial score (nSPS) is 27.1. The molecular formula is C36H60N6O7S. The molecule has 5 atom stereocenters. The highest BCUT2D eigenvalue weighted by Crippen LogP contribution is 2.65. The SMILES string of the molecule is CCCC[C@H](NC(=O)[C@@H]1[C@@H]2[C@H](CN1C(=O)[C@@H](NC(=O)NC1(CS(=O)(=O)N(C)C)CCCCC1)C1CCCCC1)C2(C)C)C(=O)C(=O)NC1CC1. The van der Waals surface area contributed by atoms with Gasteiger partial charge in [0.25, 0.3) is 5.91 Å². The third-order valence-corrected chi connectivity index (χ3v) is 14.3. The molecule has 13 nitrogen and oxygen atoms in total. The number of urea groups is 1. The van der Waals surface area contributed by atoms with E-state index in [1.54, 1.807) is 4.90 Å². The van der Waals surface area contributed by atoms with Gasteiger partial charge in [0.2, 0.25) is 27.6 Å². The molecule has 1 heterocycles. The predicted molar refractivity (Wildman–Crippen MR) is 189 cm³/mol. The summed E-state index contributed by atoms with van der Waals surface area (Å²) in [5.41, 5.74) is -1.12. The highest BCUT2D eigenvalue weighted by Gasteiger charge is 2.69. The summed E-state index contributed by atoms with van der Waals surface area (Å²) in [5.74, 6) is -2.47. The number of Topliss-reactive ketones (excluding diaryl/α,β-unsaturated/α-hetero) is 1. The first kappa shape index (κ1) is 38.5. The van der Waals surface area contributed by atoms with Gasteiger partial charge in [-0.05, 0) is 68.1 Å². The topological polar surface area (TPSA) is 174 Å². The van der Waals surface area contributed by atoms with Gasteiger partial charge in [-0.25, -0.2) is 17.5 Å². The van der Waals surface area contributed by atoms with Crippen LogP contribution in [-0.4, -0.2) is 103 Å². The Kier molecular flexibility index (Phi) is 11.9. The molecule has 14 heteroatoms. The molecule has 1 saturated heterocycles. The van der Waals surface area contributed by atoms with Crippen LogP contribution in [0.2, 0.25) is 0 Å². The van der Waals surface area contributed by atoms with Crippen molar-refractivity contribution in [2.75, 3.05) is 26.4 Å². The maximum absolute atomic E-state index is 14.7. The van der Waals surface area contributed by atoms with Gasteiger partial charge >= 0.3 is 6.03 Å². The molecule has 1 aliphatic heterocycles. The molecule has 4 aliphatic carbocycles. The van der Waals surface area contributed by atoms with Crippen LogP contribution < -0.4 is 21.3 Å². The number of carbonyl (C=O) groups excluding carboxylic acids is 5. The van der Waals surface area contributed by atoms with Crippen molar-refractivity contribution in [1.82, 2.24) is 30.5 Å². The summed E-state index contributed by atoms with van der Waals surface area (Å²) < 4.78 is 27.2. The lowest BCUT2D eigenvalue weighted by molar-refractivity contribution is -0.145. The van der Waals surface area contributed by atoms with Gasteiger partial charge in [0.1, 0.15) is 12.1 Å². The lowest BCUT2D eigenvalue weighted by atomic mass is 9.82. The molecule has 50 heavy (non-hydrogen) atoms. The second kappa shape index (κ2) is 15.5. The molecule has 5 rings (SSSR count). The summed E-state index contributed by atoms with van der Waals surface area (Å²) in [6, 6.07) is -3.27. The van der Waals surface area contributed by atoms with E-state index in [9.17, 15) is 32.4 Å². The van der Waals surface area contributed by atoms with E-state index in [1.165, 1.54) is 18.4 Å². The Labute approximate surface area is 298 Å². The van der Waals surface area contributed by atoms with E-state index in [2.05, 4.69) is 35.1 Å². The molecule has 0 aromatic carbocycles. The monoisotopic (exact) mass is 720 g/mol. The number of piperidine rings is 1. The van der Waals surface area contributed by atoms with E-state index >= 15 is 0 Å². The largest absolute Gasteiger partial charge is 0.347 e. The maximum Gasteiger partial charge on any atom is 0.315 e. The van der Waals surface area contributed by atoms with Crippen LogP contribution in [0.25, 0.3) is 0 Å². The number of nitrogens with zero attached hydrogens (tertiary/aromatic N) is 2. The Bertz CT molecular complexity index is 1400. The van der Waals surface area contributed by atoms with Crippen molar-refractivity contribution in [2.24, 2.45) is 23.2 Å². The fourth-order valence-corrected chi connectivity index (χ4v) is 10.2. The Balaban J connectivity index is 1.36. The van der Waals surface area contributed by atoms with Gasteiger partial charge in [0, 0.05) is 26.7 Å². The molecule has 0 bridgehead atoms. The summed E-state index contributed by atoms with van der Waals surface area (Å²) in [6.45, 7) is 6.52. The van der Waals surface area contributed by atoms with Crippen molar-refractivity contribution >= 4 is 39.6 Å². The van der Waals surface area contributed by atoms with Gasteiger partial charge in [0.05, 0.1) is 17.3 Å². The van der Waals surface area contributed by atoms with E-state index in [1.807, 2.05) is 6.92 Å². The number of sulfonamides is 1. The predicted octanol–water partition coefficient (Wildman–Crippen LogP) is 2.83. The number of carbonyl (C=O) groups is 5. The summed E-state index contributed by atoms with van der Waals surface area (Å²) in [6.07, 6.45) is 11.5. The number of unbranched alkanes of at least 4 members (excludes halogenated alkanes) is 1. The van der Waals surface area contributed by atoms with Gasteiger partial charge < -0.3 is 26.2 Å². The minimum Gasteiger partial charge on any atom is -0.347 e. The zero-order valence-electron chi connectivity index (χ0n) is 30.7. The highest BCUT2D eigenvalue weighted by molar-refractivity contribution is 7.89. The van der Waals surface area contributed by atoms with Crippen LogP contribution >= 0.6 is 0 Å². The molecular weight excluding hydrogens is 660 g/mol. The standard InChI is InChI=1S/C36H60N6O7S/c1-6-7-16-26(30(43)32(45)37-24-17-18-24)38-31(44)29-27-25(35(27,2)3)21-42(29)33(46)28(23-14-10-8-11-15-23)39-34(47)40-36(19-12-9-13-20-36)22-50(48,49)41(4)5/h23-29H,6-22H2,1-5H3,(H,37,45)(H,38,44)(H2,39,40,47)/t25-,26-,27-,28-,29-/m0/s1. The number of ketones is 1. The molecule has 282 valence electrons. The first-order chi connectivity index (χ1) is 23.6. The van der Waals surface area contributed by atoms with Crippen LogP contribution in [0.1, 0.15) is 117 Å². The Morgan fingerprint density at radius 3 is 2.14 bits per heavy atom. The second-order valence-electron chi connectivity index (χ2n) is 16.6. The van der Waals surface area contributed by atoms with Gasteiger partial charge in [-0.1, -0.05) is 72.1 Å². The van der Waals surface area contributed by atoms with Crippen molar-refractivity contribution < 1.29 is 32.4 Å². The molecule has 0 aromatic heterocycles. The van der Waals surface area contributed by atoms with Crippen molar-refractivity contribution in [3.63, 3.8) is 0 Å². The summed E-state index contributed by atoms with van der Waals surface area (Å²) in [4.78, 5) is 70.3. The third-order valence-electron chi connectivity index (χ3n) is 12.3. The fourth-order valence-electron chi connectivity index (χ4n) is 8.85. The molecule has 5 amide bonds. The quantitative estimate of drug-likeness (QED) is 0.188. The minimum absolute atomic E-state index is 0.0109.